The van der Waals surface area contributed by atoms with Crippen LogP contribution in [0.25, 0.3) is 11.1 Å². The van der Waals surface area contributed by atoms with E-state index in [0.29, 0.717) is 15.9 Å². The zero-order valence-electron chi connectivity index (χ0n) is 6.76. The number of H-pyrrole nitrogens is 1. The number of rotatable bonds is 1. The van der Waals surface area contributed by atoms with E-state index < -0.39 is 5.97 Å². The average Bonchev–Trinajstić information content (AvgIpc) is 2.59. The highest BCUT2D eigenvalue weighted by Gasteiger charge is 2.11. The van der Waals surface area contributed by atoms with Gasteiger partial charge in [0.05, 0.1) is 12.6 Å². The second-order valence-electron chi connectivity index (χ2n) is 2.50. The monoisotopic (exact) mass is 243 g/mol. The van der Waals surface area contributed by atoms with Gasteiger partial charge in [-0.3, -0.25) is 0 Å². The molecule has 0 unspecified atom stereocenters. The third-order valence-corrected chi connectivity index (χ3v) is 2.07. The Morgan fingerprint density at radius 1 is 1.62 bits per heavy atom. The number of methoxy groups -OCH3 is 1. The topological polar surface area (TPSA) is 55.2 Å². The van der Waals surface area contributed by atoms with Crippen LogP contribution in [0, 0.1) is 0 Å². The lowest BCUT2D eigenvalue weighted by Gasteiger charge is -1.91. The van der Waals surface area contributed by atoms with E-state index in [4.69, 9.17) is 4.42 Å². The van der Waals surface area contributed by atoms with Gasteiger partial charge in [0.1, 0.15) is 5.69 Å². The highest BCUT2D eigenvalue weighted by molar-refractivity contribution is 9.10. The van der Waals surface area contributed by atoms with Crippen LogP contribution in [-0.2, 0) is 4.74 Å². The SMILES string of the molecule is COC(=O)c1cc2oc(Br)cc2[nH]1. The van der Waals surface area contributed by atoms with Crippen molar-refractivity contribution in [2.24, 2.45) is 0 Å². The predicted octanol–water partition coefficient (Wildman–Crippen LogP) is 2.31. The van der Waals surface area contributed by atoms with E-state index in [0.717, 1.165) is 5.52 Å². The quantitative estimate of drug-likeness (QED) is 0.783. The van der Waals surface area contributed by atoms with Gasteiger partial charge in [-0.2, -0.15) is 0 Å². The largest absolute Gasteiger partial charge is 0.464 e. The van der Waals surface area contributed by atoms with Crippen LogP contribution in [0.5, 0.6) is 0 Å². The molecule has 0 spiro atoms. The molecule has 0 aliphatic rings. The Bertz CT molecular complexity index is 425. The van der Waals surface area contributed by atoms with Crippen LogP contribution in [0.3, 0.4) is 0 Å². The molecule has 2 aromatic rings. The molecule has 5 heteroatoms. The van der Waals surface area contributed by atoms with E-state index in [2.05, 4.69) is 25.7 Å². The molecule has 0 aliphatic heterocycles. The lowest BCUT2D eigenvalue weighted by Crippen LogP contribution is -2.00. The summed E-state index contributed by atoms with van der Waals surface area (Å²) >= 11 is 3.18. The van der Waals surface area contributed by atoms with Crippen LogP contribution in [0.1, 0.15) is 10.5 Å². The number of aromatic nitrogens is 1. The lowest BCUT2D eigenvalue weighted by atomic mass is 10.4. The minimum absolute atomic E-state index is 0.392. The van der Waals surface area contributed by atoms with Gasteiger partial charge in [-0.15, -0.1) is 0 Å². The van der Waals surface area contributed by atoms with Gasteiger partial charge in [0.15, 0.2) is 10.3 Å². The Morgan fingerprint density at radius 3 is 3.00 bits per heavy atom. The summed E-state index contributed by atoms with van der Waals surface area (Å²) in [6, 6.07) is 3.35. The van der Waals surface area contributed by atoms with Gasteiger partial charge in [-0.05, 0) is 15.9 Å². The fourth-order valence-corrected chi connectivity index (χ4v) is 1.51. The Balaban J connectivity index is 2.51. The molecule has 2 aromatic heterocycles. The molecule has 0 amide bonds. The zero-order valence-corrected chi connectivity index (χ0v) is 8.34. The number of hydrogen-bond donors (Lipinski definition) is 1. The summed E-state index contributed by atoms with van der Waals surface area (Å²) in [5.41, 5.74) is 1.79. The van der Waals surface area contributed by atoms with Crippen molar-refractivity contribution < 1.29 is 13.9 Å². The molecule has 0 saturated heterocycles. The Kier molecular flexibility index (Phi) is 1.88. The van der Waals surface area contributed by atoms with E-state index >= 15 is 0 Å². The first-order valence-corrected chi connectivity index (χ1v) is 4.36. The average molecular weight is 244 g/mol. The van der Waals surface area contributed by atoms with Crippen molar-refractivity contribution in [3.8, 4) is 0 Å². The van der Waals surface area contributed by atoms with Crippen LogP contribution in [0.2, 0.25) is 0 Å². The maximum absolute atomic E-state index is 11.1. The van der Waals surface area contributed by atoms with Gasteiger partial charge in [0, 0.05) is 12.1 Å². The van der Waals surface area contributed by atoms with Gasteiger partial charge in [-0.25, -0.2) is 4.79 Å². The van der Waals surface area contributed by atoms with Crippen molar-refractivity contribution in [3.05, 3.63) is 22.5 Å². The standard InChI is InChI=1S/C8H6BrNO3/c1-12-8(11)5-2-6-4(10-5)3-7(9)13-6/h2-3,10H,1H3. The van der Waals surface area contributed by atoms with Gasteiger partial charge in [0.25, 0.3) is 0 Å². The first kappa shape index (κ1) is 8.37. The van der Waals surface area contributed by atoms with Crippen LogP contribution < -0.4 is 0 Å². The van der Waals surface area contributed by atoms with E-state index in [9.17, 15) is 4.79 Å². The van der Waals surface area contributed by atoms with Crippen molar-refractivity contribution in [2.45, 2.75) is 0 Å². The summed E-state index contributed by atoms with van der Waals surface area (Å²) in [5.74, 6) is -0.400. The highest BCUT2D eigenvalue weighted by Crippen LogP contribution is 2.23. The minimum atomic E-state index is -0.400. The number of carbonyl (C=O) groups excluding carboxylic acids is 1. The number of furan rings is 1. The minimum Gasteiger partial charge on any atom is -0.464 e. The molecule has 0 aliphatic carbocycles. The number of esters is 1. The summed E-state index contributed by atoms with van der Waals surface area (Å²) in [4.78, 5) is 13.9. The third-order valence-electron chi connectivity index (χ3n) is 1.68. The van der Waals surface area contributed by atoms with Crippen molar-refractivity contribution in [1.82, 2.24) is 4.98 Å². The molecule has 0 radical (unpaired) electrons. The molecule has 0 bridgehead atoms. The smallest absolute Gasteiger partial charge is 0.354 e. The van der Waals surface area contributed by atoms with Crippen LogP contribution in [0.15, 0.2) is 21.2 Å². The molecular weight excluding hydrogens is 238 g/mol. The molecule has 0 fully saturated rings. The molecular formula is C8H6BrNO3. The van der Waals surface area contributed by atoms with Crippen molar-refractivity contribution in [1.29, 1.82) is 0 Å². The van der Waals surface area contributed by atoms with Gasteiger partial charge >= 0.3 is 5.97 Å². The molecule has 0 saturated carbocycles. The van der Waals surface area contributed by atoms with E-state index in [1.165, 1.54) is 7.11 Å². The Labute approximate surface area is 82.0 Å². The van der Waals surface area contributed by atoms with Crippen molar-refractivity contribution in [2.75, 3.05) is 7.11 Å². The molecule has 0 atom stereocenters. The van der Waals surface area contributed by atoms with Gasteiger partial charge in [0.2, 0.25) is 0 Å². The van der Waals surface area contributed by atoms with Crippen LogP contribution in [-0.4, -0.2) is 18.1 Å². The number of halogens is 1. The second kappa shape index (κ2) is 2.92. The molecule has 68 valence electrons. The Hall–Kier alpha value is -1.23. The third kappa shape index (κ3) is 1.35. The number of ether oxygens (including phenoxy) is 1. The molecule has 13 heavy (non-hydrogen) atoms. The van der Waals surface area contributed by atoms with Crippen LogP contribution in [0.4, 0.5) is 0 Å². The lowest BCUT2D eigenvalue weighted by molar-refractivity contribution is 0.0595. The van der Waals surface area contributed by atoms with Gasteiger partial charge in [-0.1, -0.05) is 0 Å². The fraction of sp³-hybridized carbons (Fsp3) is 0.125. The summed E-state index contributed by atoms with van der Waals surface area (Å²) in [7, 11) is 1.33. The molecule has 2 rings (SSSR count). The maximum atomic E-state index is 11.1. The van der Waals surface area contributed by atoms with Crippen molar-refractivity contribution >= 4 is 33.0 Å². The van der Waals surface area contributed by atoms with Gasteiger partial charge < -0.3 is 14.1 Å². The summed E-state index contributed by atoms with van der Waals surface area (Å²) in [6.07, 6.45) is 0. The molecule has 1 N–H and O–H groups in total. The molecule has 2 heterocycles. The normalized spacial score (nSPS) is 10.6. The summed E-state index contributed by atoms with van der Waals surface area (Å²) in [6.45, 7) is 0. The van der Waals surface area contributed by atoms with E-state index in [1.54, 1.807) is 12.1 Å². The highest BCUT2D eigenvalue weighted by atomic mass is 79.9. The van der Waals surface area contributed by atoms with E-state index in [1.807, 2.05) is 0 Å². The fourth-order valence-electron chi connectivity index (χ4n) is 1.11. The first-order chi connectivity index (χ1) is 6.20. The maximum Gasteiger partial charge on any atom is 0.354 e. The summed E-state index contributed by atoms with van der Waals surface area (Å²) < 4.78 is 10.4. The molecule has 0 aromatic carbocycles. The molecule has 4 nitrogen and oxygen atoms in total. The summed E-state index contributed by atoms with van der Waals surface area (Å²) in [5, 5.41) is 0. The van der Waals surface area contributed by atoms with Crippen molar-refractivity contribution in [3.63, 3.8) is 0 Å². The number of carbonyl (C=O) groups is 1. The number of fused-ring (bicyclic) bond motifs is 1. The Morgan fingerprint density at radius 2 is 2.38 bits per heavy atom. The zero-order chi connectivity index (χ0) is 9.42. The van der Waals surface area contributed by atoms with Crippen LogP contribution >= 0.6 is 15.9 Å². The number of nitrogens with one attached hydrogen (secondary N) is 1. The predicted molar refractivity (Wildman–Crippen MR) is 49.6 cm³/mol. The first-order valence-electron chi connectivity index (χ1n) is 3.57. The number of aromatic amines is 1. The van der Waals surface area contributed by atoms with E-state index in [-0.39, 0.29) is 0 Å². The number of hydrogen-bond acceptors (Lipinski definition) is 3. The second-order valence-corrected chi connectivity index (χ2v) is 3.28.